The maximum atomic E-state index is 10.4. The number of aliphatic carboxylic acids is 1. The zero-order valence-electron chi connectivity index (χ0n) is 14.8. The van der Waals surface area contributed by atoms with Crippen LogP contribution in [0.3, 0.4) is 0 Å². The molecule has 0 saturated carbocycles. The summed E-state index contributed by atoms with van der Waals surface area (Å²) in [5.74, 6) is -0.657. The molecule has 1 N–H and O–H groups in total. The van der Waals surface area contributed by atoms with Crippen molar-refractivity contribution in [3.8, 4) is 0 Å². The molecule has 2 nitrogen and oxygen atoms in total. The summed E-state index contributed by atoms with van der Waals surface area (Å²) in [6.45, 7) is 2.26. The maximum Gasteiger partial charge on any atom is 0.303 e. The predicted octanol–water partition coefficient (Wildman–Crippen LogP) is 6.89. The third-order valence-electron chi connectivity index (χ3n) is 4.15. The molecule has 0 aromatic carbocycles. The summed E-state index contributed by atoms with van der Waals surface area (Å²) in [4.78, 5) is 10.4. The highest BCUT2D eigenvalue weighted by molar-refractivity contribution is 5.66. The summed E-state index contributed by atoms with van der Waals surface area (Å²) in [5.41, 5.74) is 0. The molecule has 0 aromatic rings. The van der Waals surface area contributed by atoms with Crippen molar-refractivity contribution in [1.82, 2.24) is 0 Å². The summed E-state index contributed by atoms with van der Waals surface area (Å²) in [7, 11) is 0. The summed E-state index contributed by atoms with van der Waals surface area (Å²) in [6, 6.07) is 0. The van der Waals surface area contributed by atoms with Gasteiger partial charge in [-0.3, -0.25) is 4.79 Å². The van der Waals surface area contributed by atoms with Gasteiger partial charge in [0.1, 0.15) is 0 Å². The van der Waals surface area contributed by atoms with E-state index < -0.39 is 5.97 Å². The standard InChI is InChI=1S/C20H38O2/c1-2-3-4-5-6-7-8-9-10-11-12-13-14-15-16-17-18-19-20(21)22/h7-8H,2-6,9-19H2,1H3,(H,21,22)/b8-7+. The first kappa shape index (κ1) is 21.2. The Bertz CT molecular complexity index is 258. The Kier molecular flexibility index (Phi) is 17.6. The number of hydrogen-bond acceptors (Lipinski definition) is 1. The van der Waals surface area contributed by atoms with Crippen LogP contribution in [0.5, 0.6) is 0 Å². The van der Waals surface area contributed by atoms with Gasteiger partial charge in [0.25, 0.3) is 0 Å². The Balaban J connectivity index is 3.05. The minimum Gasteiger partial charge on any atom is -0.481 e. The summed E-state index contributed by atoms with van der Waals surface area (Å²) < 4.78 is 0. The van der Waals surface area contributed by atoms with E-state index in [2.05, 4.69) is 19.1 Å². The lowest BCUT2D eigenvalue weighted by Gasteiger charge is -2.01. The lowest BCUT2D eigenvalue weighted by molar-refractivity contribution is -0.137. The smallest absolute Gasteiger partial charge is 0.303 e. The van der Waals surface area contributed by atoms with Crippen LogP contribution < -0.4 is 0 Å². The molecule has 0 aromatic heterocycles. The Morgan fingerprint density at radius 3 is 1.55 bits per heavy atom. The summed E-state index contributed by atoms with van der Waals surface area (Å²) >= 11 is 0. The maximum absolute atomic E-state index is 10.4. The van der Waals surface area contributed by atoms with E-state index >= 15 is 0 Å². The van der Waals surface area contributed by atoms with Crippen LogP contribution >= 0.6 is 0 Å². The average molecular weight is 311 g/mol. The molecular weight excluding hydrogens is 272 g/mol. The second kappa shape index (κ2) is 18.3. The number of hydrogen-bond donors (Lipinski definition) is 1. The Morgan fingerprint density at radius 2 is 1.09 bits per heavy atom. The molecule has 0 radical (unpaired) electrons. The van der Waals surface area contributed by atoms with Crippen LogP contribution in [0.2, 0.25) is 0 Å². The van der Waals surface area contributed by atoms with Gasteiger partial charge in [0.15, 0.2) is 0 Å². The molecule has 0 atom stereocenters. The van der Waals surface area contributed by atoms with Gasteiger partial charge < -0.3 is 5.11 Å². The largest absolute Gasteiger partial charge is 0.481 e. The second-order valence-electron chi connectivity index (χ2n) is 6.44. The van der Waals surface area contributed by atoms with Crippen molar-refractivity contribution in [3.63, 3.8) is 0 Å². The van der Waals surface area contributed by atoms with E-state index in [0.29, 0.717) is 6.42 Å². The molecule has 0 bridgehead atoms. The monoisotopic (exact) mass is 310 g/mol. The van der Waals surface area contributed by atoms with Crippen LogP contribution in [-0.2, 0) is 4.79 Å². The van der Waals surface area contributed by atoms with E-state index in [4.69, 9.17) is 5.11 Å². The molecule has 0 amide bonds. The van der Waals surface area contributed by atoms with Crippen LogP contribution in [-0.4, -0.2) is 11.1 Å². The zero-order valence-corrected chi connectivity index (χ0v) is 14.8. The predicted molar refractivity (Wildman–Crippen MR) is 96.3 cm³/mol. The molecule has 130 valence electrons. The van der Waals surface area contributed by atoms with Gasteiger partial charge in [-0.2, -0.15) is 0 Å². The highest BCUT2D eigenvalue weighted by atomic mass is 16.4. The molecule has 0 fully saturated rings. The van der Waals surface area contributed by atoms with Gasteiger partial charge in [0, 0.05) is 6.42 Å². The van der Waals surface area contributed by atoms with Crippen LogP contribution in [0.15, 0.2) is 12.2 Å². The Morgan fingerprint density at radius 1 is 0.682 bits per heavy atom. The van der Waals surface area contributed by atoms with Crippen molar-refractivity contribution in [3.05, 3.63) is 12.2 Å². The Labute approximate surface area is 138 Å². The quantitative estimate of drug-likeness (QED) is 0.234. The van der Waals surface area contributed by atoms with E-state index in [1.54, 1.807) is 0 Å². The second-order valence-corrected chi connectivity index (χ2v) is 6.44. The van der Waals surface area contributed by atoms with Gasteiger partial charge in [-0.05, 0) is 32.1 Å². The van der Waals surface area contributed by atoms with Gasteiger partial charge >= 0.3 is 5.97 Å². The third kappa shape index (κ3) is 19.2. The molecule has 0 unspecified atom stereocenters. The SMILES string of the molecule is CCCCCC/C=C/CCCCCCCCCCCC(=O)O. The van der Waals surface area contributed by atoms with E-state index in [9.17, 15) is 4.79 Å². The fourth-order valence-electron chi connectivity index (χ4n) is 2.70. The highest BCUT2D eigenvalue weighted by Gasteiger charge is 1.96. The molecule has 2 heteroatoms. The van der Waals surface area contributed by atoms with Gasteiger partial charge in [-0.1, -0.05) is 83.3 Å². The molecular formula is C20H38O2. The van der Waals surface area contributed by atoms with Crippen molar-refractivity contribution in [2.45, 2.75) is 110 Å². The van der Waals surface area contributed by atoms with Crippen molar-refractivity contribution >= 4 is 5.97 Å². The molecule has 0 rings (SSSR count). The molecule has 0 saturated heterocycles. The minimum absolute atomic E-state index is 0.339. The van der Waals surface area contributed by atoms with E-state index in [0.717, 1.165) is 12.8 Å². The van der Waals surface area contributed by atoms with Crippen molar-refractivity contribution in [1.29, 1.82) is 0 Å². The van der Waals surface area contributed by atoms with Crippen LogP contribution in [0.25, 0.3) is 0 Å². The van der Waals surface area contributed by atoms with Crippen molar-refractivity contribution in [2.24, 2.45) is 0 Å². The topological polar surface area (TPSA) is 37.3 Å². The highest BCUT2D eigenvalue weighted by Crippen LogP contribution is 2.11. The normalized spacial score (nSPS) is 11.3. The van der Waals surface area contributed by atoms with Gasteiger partial charge in [0.2, 0.25) is 0 Å². The molecule has 0 aliphatic rings. The van der Waals surface area contributed by atoms with Crippen LogP contribution in [0.4, 0.5) is 0 Å². The van der Waals surface area contributed by atoms with Gasteiger partial charge in [0.05, 0.1) is 0 Å². The summed E-state index contributed by atoms with van der Waals surface area (Å²) in [5, 5.41) is 8.53. The van der Waals surface area contributed by atoms with E-state index in [1.165, 1.54) is 83.5 Å². The van der Waals surface area contributed by atoms with Crippen molar-refractivity contribution in [2.75, 3.05) is 0 Å². The number of unbranched alkanes of at least 4 members (excludes halogenated alkanes) is 13. The molecule has 22 heavy (non-hydrogen) atoms. The molecule has 0 spiro atoms. The number of carbonyl (C=O) groups is 1. The summed E-state index contributed by atoms with van der Waals surface area (Å²) in [6.07, 6.45) is 24.2. The third-order valence-corrected chi connectivity index (χ3v) is 4.15. The van der Waals surface area contributed by atoms with Crippen LogP contribution in [0, 0.1) is 0 Å². The molecule has 0 heterocycles. The van der Waals surface area contributed by atoms with Gasteiger partial charge in [-0.15, -0.1) is 0 Å². The first-order valence-corrected chi connectivity index (χ1v) is 9.64. The zero-order chi connectivity index (χ0) is 16.3. The number of rotatable bonds is 17. The average Bonchev–Trinajstić information content (AvgIpc) is 2.50. The molecule has 0 aliphatic heterocycles. The van der Waals surface area contributed by atoms with Crippen molar-refractivity contribution < 1.29 is 9.90 Å². The fraction of sp³-hybridized carbons (Fsp3) is 0.850. The first-order valence-electron chi connectivity index (χ1n) is 9.64. The number of carboxylic acid groups (broad SMARTS) is 1. The Hall–Kier alpha value is -0.790. The number of carboxylic acids is 1. The van der Waals surface area contributed by atoms with Crippen LogP contribution in [0.1, 0.15) is 110 Å². The molecule has 0 aliphatic carbocycles. The first-order chi connectivity index (χ1) is 10.8. The lowest BCUT2D eigenvalue weighted by Crippen LogP contribution is -1.93. The number of allylic oxidation sites excluding steroid dienone is 2. The van der Waals surface area contributed by atoms with Gasteiger partial charge in [-0.25, -0.2) is 0 Å². The fourth-order valence-corrected chi connectivity index (χ4v) is 2.70. The van der Waals surface area contributed by atoms with E-state index in [-0.39, 0.29) is 0 Å². The van der Waals surface area contributed by atoms with E-state index in [1.807, 2.05) is 0 Å². The lowest BCUT2D eigenvalue weighted by atomic mass is 10.1. The minimum atomic E-state index is -0.657.